The van der Waals surface area contributed by atoms with Gasteiger partial charge in [0.2, 0.25) is 0 Å². The molecular weight excluding hydrogens is 258 g/mol. The van der Waals surface area contributed by atoms with Gasteiger partial charge in [0.05, 0.1) is 6.04 Å². The Morgan fingerprint density at radius 3 is 2.63 bits per heavy atom. The van der Waals surface area contributed by atoms with E-state index in [-0.39, 0.29) is 6.04 Å². The first-order chi connectivity index (χ1) is 9.17. The molecular formula is C16H20ClNO. The summed E-state index contributed by atoms with van der Waals surface area (Å²) < 4.78 is 5.89. The van der Waals surface area contributed by atoms with E-state index in [1.807, 2.05) is 31.2 Å². The quantitative estimate of drug-likeness (QED) is 0.870. The fourth-order valence-corrected chi connectivity index (χ4v) is 2.43. The molecule has 1 N–H and O–H groups in total. The molecule has 3 heteroatoms. The van der Waals surface area contributed by atoms with E-state index in [1.54, 1.807) is 0 Å². The smallest absolute Gasteiger partial charge is 0.125 e. The number of benzene rings is 1. The van der Waals surface area contributed by atoms with Crippen LogP contribution in [-0.2, 0) is 6.42 Å². The molecule has 0 saturated heterocycles. The van der Waals surface area contributed by atoms with Crippen molar-refractivity contribution in [1.82, 2.24) is 5.32 Å². The summed E-state index contributed by atoms with van der Waals surface area (Å²) in [7, 11) is 0. The van der Waals surface area contributed by atoms with E-state index in [4.69, 9.17) is 16.0 Å². The maximum absolute atomic E-state index is 6.22. The van der Waals surface area contributed by atoms with Crippen molar-refractivity contribution in [1.29, 1.82) is 0 Å². The highest BCUT2D eigenvalue weighted by Gasteiger charge is 2.19. The molecule has 0 bridgehead atoms. The van der Waals surface area contributed by atoms with Crippen molar-refractivity contribution in [2.24, 2.45) is 0 Å². The first kappa shape index (κ1) is 14.2. The van der Waals surface area contributed by atoms with E-state index in [0.29, 0.717) is 0 Å². The Kier molecular flexibility index (Phi) is 4.67. The van der Waals surface area contributed by atoms with Gasteiger partial charge in [-0.05, 0) is 42.8 Å². The third-order valence-electron chi connectivity index (χ3n) is 3.34. The summed E-state index contributed by atoms with van der Waals surface area (Å²) in [6.07, 6.45) is 0.910. The number of halogens is 1. The Morgan fingerprint density at radius 2 is 2.00 bits per heavy atom. The summed E-state index contributed by atoms with van der Waals surface area (Å²) in [4.78, 5) is 0. The largest absolute Gasteiger partial charge is 0.464 e. The second-order valence-electron chi connectivity index (χ2n) is 4.60. The van der Waals surface area contributed by atoms with E-state index in [1.165, 1.54) is 5.56 Å². The summed E-state index contributed by atoms with van der Waals surface area (Å²) >= 11 is 6.22. The van der Waals surface area contributed by atoms with Crippen molar-refractivity contribution in [3.63, 3.8) is 0 Å². The van der Waals surface area contributed by atoms with Gasteiger partial charge in [0, 0.05) is 11.4 Å². The lowest BCUT2D eigenvalue weighted by molar-refractivity contribution is 0.425. The zero-order valence-electron chi connectivity index (χ0n) is 11.7. The van der Waals surface area contributed by atoms with E-state index in [0.717, 1.165) is 35.1 Å². The molecule has 1 heterocycles. The van der Waals surface area contributed by atoms with Crippen molar-refractivity contribution >= 4 is 11.6 Å². The first-order valence-electron chi connectivity index (χ1n) is 6.74. The molecule has 0 aliphatic rings. The summed E-state index contributed by atoms with van der Waals surface area (Å²) in [6, 6.07) is 10.2. The second kappa shape index (κ2) is 6.27. The summed E-state index contributed by atoms with van der Waals surface area (Å²) in [6.45, 7) is 7.11. The van der Waals surface area contributed by atoms with Gasteiger partial charge in [-0.25, -0.2) is 0 Å². The average Bonchev–Trinajstić information content (AvgIpc) is 2.88. The van der Waals surface area contributed by atoms with Crippen LogP contribution in [0, 0.1) is 6.92 Å². The third-order valence-corrected chi connectivity index (χ3v) is 3.75. The van der Waals surface area contributed by atoms with Gasteiger partial charge in [-0.15, -0.1) is 0 Å². The maximum Gasteiger partial charge on any atom is 0.125 e. The number of furan rings is 1. The number of rotatable bonds is 5. The zero-order chi connectivity index (χ0) is 13.8. The van der Waals surface area contributed by atoms with Gasteiger partial charge in [0.25, 0.3) is 0 Å². The molecule has 0 saturated carbocycles. The zero-order valence-corrected chi connectivity index (χ0v) is 12.4. The molecule has 0 spiro atoms. The van der Waals surface area contributed by atoms with E-state index >= 15 is 0 Å². The molecule has 102 valence electrons. The molecule has 0 amide bonds. The van der Waals surface area contributed by atoms with Crippen molar-refractivity contribution in [3.8, 4) is 0 Å². The number of hydrogen-bond acceptors (Lipinski definition) is 2. The number of aryl methyl sites for hydroxylation is 1. The lowest BCUT2D eigenvalue weighted by atomic mass is 9.99. The summed E-state index contributed by atoms with van der Waals surface area (Å²) in [5.41, 5.74) is 2.27. The normalized spacial score (nSPS) is 12.6. The standard InChI is InChI=1S/C16H20ClNO/c1-4-12-9-10-15(19-12)16(18-5-2)13-7-6-8-14(17)11(13)3/h6-10,16,18H,4-5H2,1-3H3. The molecule has 2 aromatic rings. The topological polar surface area (TPSA) is 25.2 Å². The van der Waals surface area contributed by atoms with E-state index in [2.05, 4.69) is 25.2 Å². The van der Waals surface area contributed by atoms with Gasteiger partial charge >= 0.3 is 0 Å². The van der Waals surface area contributed by atoms with Crippen molar-refractivity contribution in [2.75, 3.05) is 6.54 Å². The predicted octanol–water partition coefficient (Wildman–Crippen LogP) is 4.50. The molecule has 1 atom stereocenters. The Morgan fingerprint density at radius 1 is 1.21 bits per heavy atom. The summed E-state index contributed by atoms with van der Waals surface area (Å²) in [5.74, 6) is 1.96. The van der Waals surface area contributed by atoms with Gasteiger partial charge in [0.15, 0.2) is 0 Å². The minimum atomic E-state index is 0.0593. The Balaban J connectivity index is 2.42. The molecule has 1 aromatic heterocycles. The minimum absolute atomic E-state index is 0.0593. The molecule has 0 radical (unpaired) electrons. The Hall–Kier alpha value is -1.25. The van der Waals surface area contributed by atoms with Crippen molar-refractivity contribution < 1.29 is 4.42 Å². The second-order valence-corrected chi connectivity index (χ2v) is 5.01. The molecule has 19 heavy (non-hydrogen) atoms. The average molecular weight is 278 g/mol. The molecule has 0 aliphatic heterocycles. The molecule has 1 unspecified atom stereocenters. The fraction of sp³-hybridized carbons (Fsp3) is 0.375. The van der Waals surface area contributed by atoms with Crippen LogP contribution >= 0.6 is 11.6 Å². The first-order valence-corrected chi connectivity index (χ1v) is 7.12. The van der Waals surface area contributed by atoms with Gasteiger partial charge in [0.1, 0.15) is 11.5 Å². The van der Waals surface area contributed by atoms with Gasteiger partial charge < -0.3 is 9.73 Å². The highest BCUT2D eigenvalue weighted by atomic mass is 35.5. The van der Waals surface area contributed by atoms with Crippen LogP contribution < -0.4 is 5.32 Å². The number of hydrogen-bond donors (Lipinski definition) is 1. The van der Waals surface area contributed by atoms with Crippen LogP contribution in [-0.4, -0.2) is 6.54 Å². The summed E-state index contributed by atoms with van der Waals surface area (Å²) in [5, 5.41) is 4.26. The van der Waals surface area contributed by atoms with E-state index < -0.39 is 0 Å². The monoisotopic (exact) mass is 277 g/mol. The van der Waals surface area contributed by atoms with Crippen molar-refractivity contribution in [2.45, 2.75) is 33.2 Å². The fourth-order valence-electron chi connectivity index (χ4n) is 2.24. The van der Waals surface area contributed by atoms with Crippen LogP contribution in [0.2, 0.25) is 5.02 Å². The Labute approximate surface area is 119 Å². The van der Waals surface area contributed by atoms with Gasteiger partial charge in [-0.2, -0.15) is 0 Å². The molecule has 1 aromatic carbocycles. The van der Waals surface area contributed by atoms with Crippen LogP contribution in [0.4, 0.5) is 0 Å². The van der Waals surface area contributed by atoms with Crippen LogP contribution in [0.5, 0.6) is 0 Å². The van der Waals surface area contributed by atoms with Crippen LogP contribution in [0.15, 0.2) is 34.7 Å². The minimum Gasteiger partial charge on any atom is -0.464 e. The van der Waals surface area contributed by atoms with Crippen LogP contribution in [0.1, 0.15) is 42.5 Å². The maximum atomic E-state index is 6.22. The Bertz CT molecular complexity index is 547. The molecule has 2 nitrogen and oxygen atoms in total. The van der Waals surface area contributed by atoms with Crippen LogP contribution in [0.25, 0.3) is 0 Å². The predicted molar refractivity (Wildman–Crippen MR) is 79.8 cm³/mol. The third kappa shape index (κ3) is 3.02. The van der Waals surface area contributed by atoms with Crippen molar-refractivity contribution in [3.05, 3.63) is 58.0 Å². The lowest BCUT2D eigenvalue weighted by Gasteiger charge is -2.19. The number of nitrogens with one attached hydrogen (secondary N) is 1. The van der Waals surface area contributed by atoms with Gasteiger partial charge in [-0.3, -0.25) is 0 Å². The lowest BCUT2D eigenvalue weighted by Crippen LogP contribution is -2.22. The van der Waals surface area contributed by atoms with E-state index in [9.17, 15) is 0 Å². The van der Waals surface area contributed by atoms with Gasteiger partial charge in [-0.1, -0.05) is 37.6 Å². The highest BCUT2D eigenvalue weighted by Crippen LogP contribution is 2.29. The SMILES string of the molecule is CCNC(c1ccc(CC)o1)c1cccc(Cl)c1C. The molecule has 2 rings (SSSR count). The highest BCUT2D eigenvalue weighted by molar-refractivity contribution is 6.31. The molecule has 0 fully saturated rings. The van der Waals surface area contributed by atoms with Crippen LogP contribution in [0.3, 0.4) is 0 Å². The molecule has 0 aliphatic carbocycles.